The van der Waals surface area contributed by atoms with Crippen molar-refractivity contribution in [3.05, 3.63) is 71.1 Å². The first-order valence-electron chi connectivity index (χ1n) is 9.43. The third-order valence-corrected chi connectivity index (χ3v) is 4.55. The van der Waals surface area contributed by atoms with Crippen LogP contribution in [0.4, 0.5) is 8.78 Å². The van der Waals surface area contributed by atoms with E-state index in [0.29, 0.717) is 22.4 Å². The van der Waals surface area contributed by atoms with Gasteiger partial charge in [0.1, 0.15) is 5.75 Å². The zero-order chi connectivity index (χ0) is 22.4. The predicted molar refractivity (Wildman–Crippen MR) is 113 cm³/mol. The summed E-state index contributed by atoms with van der Waals surface area (Å²) in [5.41, 5.74) is 1.39. The maximum atomic E-state index is 12.7. The van der Waals surface area contributed by atoms with Gasteiger partial charge in [0.15, 0.2) is 0 Å². The average molecular weight is 448 g/mol. The van der Waals surface area contributed by atoms with Crippen LogP contribution < -0.4 is 4.74 Å². The van der Waals surface area contributed by atoms with E-state index in [9.17, 15) is 13.6 Å². The number of aromatic nitrogens is 2. The number of benzene rings is 2. The summed E-state index contributed by atoms with van der Waals surface area (Å²) in [6.45, 7) is 1.01. The predicted octanol–water partition coefficient (Wildman–Crippen LogP) is 5.44. The minimum atomic E-state index is -2.88. The smallest absolute Gasteiger partial charge is 0.387 e. The molecule has 1 heterocycles. The number of carbonyl (C=O) groups is 1. The van der Waals surface area contributed by atoms with Crippen LogP contribution in [0, 0.1) is 0 Å². The number of hydrogen-bond donors (Lipinski definition) is 0. The number of alkyl halides is 2. The molecular formula is C22H20ClF2N3O3. The molecule has 9 heteroatoms. The van der Waals surface area contributed by atoms with Gasteiger partial charge in [0.25, 0.3) is 0 Å². The fourth-order valence-corrected chi connectivity index (χ4v) is 2.84. The van der Waals surface area contributed by atoms with Crippen LogP contribution in [0.1, 0.15) is 25.3 Å². The Bertz CT molecular complexity index is 1030. The summed E-state index contributed by atoms with van der Waals surface area (Å²) in [7, 11) is 0. The molecule has 0 saturated heterocycles. The van der Waals surface area contributed by atoms with E-state index < -0.39 is 6.61 Å². The minimum absolute atomic E-state index is 0.0511. The van der Waals surface area contributed by atoms with E-state index >= 15 is 0 Å². The summed E-state index contributed by atoms with van der Waals surface area (Å²) in [6.07, 6.45) is 3.00. The van der Waals surface area contributed by atoms with Crippen molar-refractivity contribution in [2.45, 2.75) is 33.0 Å². The van der Waals surface area contributed by atoms with Crippen LogP contribution in [0.2, 0.25) is 5.02 Å². The standard InChI is InChI=1S/C22H20ClF2N3O3/c1-14(2)28(13-19-26-27-21(31-19)16-6-8-17(23)9-7-16)20(29)12-5-15-3-10-18(11-4-15)30-22(24)25/h3-12,14,22H,13H2,1-2H3/b12-5+. The van der Waals surface area contributed by atoms with E-state index in [4.69, 9.17) is 16.0 Å². The molecule has 3 rings (SSSR count). The second kappa shape index (κ2) is 10.2. The molecule has 2 aromatic carbocycles. The topological polar surface area (TPSA) is 68.5 Å². The Kier molecular flexibility index (Phi) is 7.36. The number of rotatable bonds is 8. The van der Waals surface area contributed by atoms with Crippen LogP contribution in [0.25, 0.3) is 17.5 Å². The minimum Gasteiger partial charge on any atom is -0.435 e. The van der Waals surface area contributed by atoms with Gasteiger partial charge in [0.2, 0.25) is 17.7 Å². The van der Waals surface area contributed by atoms with E-state index in [1.54, 1.807) is 47.4 Å². The normalized spacial score (nSPS) is 11.5. The number of hydrogen-bond acceptors (Lipinski definition) is 5. The summed E-state index contributed by atoms with van der Waals surface area (Å²) in [4.78, 5) is 14.3. The van der Waals surface area contributed by atoms with Crippen molar-refractivity contribution >= 4 is 23.6 Å². The SMILES string of the molecule is CC(C)N(Cc1nnc(-c2ccc(Cl)cc2)o1)C(=O)/C=C/c1ccc(OC(F)F)cc1. The molecule has 31 heavy (non-hydrogen) atoms. The van der Waals surface area contributed by atoms with E-state index in [1.807, 2.05) is 13.8 Å². The van der Waals surface area contributed by atoms with Gasteiger partial charge in [-0.15, -0.1) is 10.2 Å². The molecule has 0 aliphatic carbocycles. The zero-order valence-corrected chi connectivity index (χ0v) is 17.6. The van der Waals surface area contributed by atoms with E-state index in [-0.39, 0.29) is 24.2 Å². The third-order valence-electron chi connectivity index (χ3n) is 4.29. The molecule has 0 bridgehead atoms. The van der Waals surface area contributed by atoms with Crippen molar-refractivity contribution in [1.82, 2.24) is 15.1 Å². The largest absolute Gasteiger partial charge is 0.435 e. The van der Waals surface area contributed by atoms with Gasteiger partial charge in [-0.25, -0.2) is 0 Å². The third kappa shape index (κ3) is 6.36. The van der Waals surface area contributed by atoms with Crippen molar-refractivity contribution in [1.29, 1.82) is 0 Å². The molecule has 1 aromatic heterocycles. The number of carbonyl (C=O) groups excluding carboxylic acids is 1. The summed E-state index contributed by atoms with van der Waals surface area (Å²) in [6, 6.07) is 12.8. The lowest BCUT2D eigenvalue weighted by Crippen LogP contribution is -2.35. The first kappa shape index (κ1) is 22.4. The highest BCUT2D eigenvalue weighted by Gasteiger charge is 2.19. The first-order chi connectivity index (χ1) is 14.8. The number of halogens is 3. The molecule has 0 atom stereocenters. The molecule has 0 aliphatic heterocycles. The molecule has 6 nitrogen and oxygen atoms in total. The fourth-order valence-electron chi connectivity index (χ4n) is 2.71. The van der Waals surface area contributed by atoms with Crippen molar-refractivity contribution < 1.29 is 22.7 Å². The maximum Gasteiger partial charge on any atom is 0.387 e. The summed E-state index contributed by atoms with van der Waals surface area (Å²) in [5.74, 6) is 0.433. The quantitative estimate of drug-likeness (QED) is 0.430. The monoisotopic (exact) mass is 447 g/mol. The van der Waals surface area contributed by atoms with Crippen molar-refractivity contribution in [2.24, 2.45) is 0 Å². The van der Waals surface area contributed by atoms with Gasteiger partial charge < -0.3 is 14.1 Å². The number of nitrogens with zero attached hydrogens (tertiary/aromatic N) is 3. The molecule has 0 N–H and O–H groups in total. The highest BCUT2D eigenvalue weighted by Crippen LogP contribution is 2.21. The van der Waals surface area contributed by atoms with Crippen molar-refractivity contribution in [3.8, 4) is 17.2 Å². The van der Waals surface area contributed by atoms with Crippen molar-refractivity contribution in [3.63, 3.8) is 0 Å². The highest BCUT2D eigenvalue weighted by molar-refractivity contribution is 6.30. The Morgan fingerprint density at radius 3 is 2.42 bits per heavy atom. The summed E-state index contributed by atoms with van der Waals surface area (Å²) < 4.78 is 34.4. The van der Waals surface area contributed by atoms with Gasteiger partial charge in [0.05, 0.1) is 6.54 Å². The molecule has 1 amide bonds. The van der Waals surface area contributed by atoms with Gasteiger partial charge >= 0.3 is 6.61 Å². The lowest BCUT2D eigenvalue weighted by Gasteiger charge is -2.23. The molecule has 0 spiro atoms. The van der Waals surface area contributed by atoms with Crippen LogP contribution in [-0.2, 0) is 11.3 Å². The first-order valence-corrected chi connectivity index (χ1v) is 9.81. The van der Waals surface area contributed by atoms with Gasteiger partial charge in [-0.3, -0.25) is 4.79 Å². The highest BCUT2D eigenvalue weighted by atomic mass is 35.5. The Labute approximate surface area is 183 Å². The molecule has 0 saturated carbocycles. The van der Waals surface area contributed by atoms with E-state index in [0.717, 1.165) is 5.56 Å². The molecule has 0 aliphatic rings. The molecule has 3 aromatic rings. The Morgan fingerprint density at radius 1 is 1.13 bits per heavy atom. The molecule has 0 fully saturated rings. The molecule has 0 unspecified atom stereocenters. The van der Waals surface area contributed by atoms with Gasteiger partial charge in [-0.1, -0.05) is 23.7 Å². The number of ether oxygens (including phenoxy) is 1. The van der Waals surface area contributed by atoms with Gasteiger partial charge in [-0.2, -0.15) is 8.78 Å². The maximum absolute atomic E-state index is 12.7. The van der Waals surface area contributed by atoms with Crippen LogP contribution >= 0.6 is 11.6 Å². The Morgan fingerprint density at radius 2 is 1.81 bits per heavy atom. The molecule has 0 radical (unpaired) electrons. The lowest BCUT2D eigenvalue weighted by molar-refractivity contribution is -0.128. The van der Waals surface area contributed by atoms with E-state index in [2.05, 4.69) is 14.9 Å². The van der Waals surface area contributed by atoms with Gasteiger partial charge in [0, 0.05) is 22.7 Å². The summed E-state index contributed by atoms with van der Waals surface area (Å²) >= 11 is 5.89. The van der Waals surface area contributed by atoms with Crippen molar-refractivity contribution in [2.75, 3.05) is 0 Å². The Balaban J connectivity index is 1.67. The average Bonchev–Trinajstić information content (AvgIpc) is 3.20. The van der Waals surface area contributed by atoms with Crippen LogP contribution in [0.5, 0.6) is 5.75 Å². The Hall–Kier alpha value is -3.26. The molecular weight excluding hydrogens is 428 g/mol. The second-order valence-corrected chi connectivity index (χ2v) is 7.29. The zero-order valence-electron chi connectivity index (χ0n) is 16.8. The van der Waals surface area contributed by atoms with Crippen LogP contribution in [0.15, 0.2) is 59.0 Å². The van der Waals surface area contributed by atoms with Crippen LogP contribution in [0.3, 0.4) is 0 Å². The summed E-state index contributed by atoms with van der Waals surface area (Å²) in [5, 5.41) is 8.66. The second-order valence-electron chi connectivity index (χ2n) is 6.85. The van der Waals surface area contributed by atoms with Gasteiger partial charge in [-0.05, 0) is 61.9 Å². The van der Waals surface area contributed by atoms with Crippen LogP contribution in [-0.4, -0.2) is 33.7 Å². The fraction of sp³-hybridized carbons (Fsp3) is 0.227. The molecule has 162 valence electrons. The van der Waals surface area contributed by atoms with E-state index in [1.165, 1.54) is 18.2 Å². The lowest BCUT2D eigenvalue weighted by atomic mass is 10.2. The number of amides is 1.